The van der Waals surface area contributed by atoms with E-state index >= 15 is 0 Å². The van der Waals surface area contributed by atoms with Gasteiger partial charge in [0.05, 0.1) is 11.4 Å². The van der Waals surface area contributed by atoms with Crippen LogP contribution in [0, 0.1) is 0 Å². The molecule has 0 saturated heterocycles. The van der Waals surface area contributed by atoms with E-state index in [9.17, 15) is 0 Å². The summed E-state index contributed by atoms with van der Waals surface area (Å²) in [5.41, 5.74) is 11.2. The van der Waals surface area contributed by atoms with Gasteiger partial charge in [-0.3, -0.25) is 0 Å². The molecule has 0 saturated carbocycles. The maximum atomic E-state index is 5.79. The lowest BCUT2D eigenvalue weighted by Crippen LogP contribution is -2.35. The van der Waals surface area contributed by atoms with Gasteiger partial charge in [0.2, 0.25) is 0 Å². The van der Waals surface area contributed by atoms with Gasteiger partial charge in [0.25, 0.3) is 0 Å². The fourth-order valence-corrected chi connectivity index (χ4v) is 3.33. The predicted molar refractivity (Wildman–Crippen MR) is 104 cm³/mol. The first-order chi connectivity index (χ1) is 12.4. The molecule has 0 bridgehead atoms. The fraction of sp³-hybridized carbons (Fsp3) is 0.190. The van der Waals surface area contributed by atoms with E-state index in [2.05, 4.69) is 70.9 Å². The summed E-state index contributed by atoms with van der Waals surface area (Å²) in [6.45, 7) is 2.35. The number of dihydropyridines is 1. The number of hydrogen-bond acceptors (Lipinski definition) is 4. The molecule has 4 heteroatoms. The lowest BCUT2D eigenvalue weighted by molar-refractivity contribution is 0.729. The maximum Gasteiger partial charge on any atom is 0.133 e. The zero-order valence-electron chi connectivity index (χ0n) is 14.2. The second-order valence-corrected chi connectivity index (χ2v) is 6.15. The average Bonchev–Trinajstić information content (AvgIpc) is 2.82. The summed E-state index contributed by atoms with van der Waals surface area (Å²) in [4.78, 5) is 7.36. The third-order valence-electron chi connectivity index (χ3n) is 4.49. The van der Waals surface area contributed by atoms with Gasteiger partial charge in [-0.2, -0.15) is 0 Å². The Bertz CT molecular complexity index is 849. The Morgan fingerprint density at radius 1 is 1.04 bits per heavy atom. The zero-order chi connectivity index (χ0) is 17.1. The Kier molecular flexibility index (Phi) is 4.36. The Labute approximate surface area is 148 Å². The molecule has 4 rings (SSSR count). The lowest BCUT2D eigenvalue weighted by Gasteiger charge is -2.30. The molecule has 4 nitrogen and oxygen atoms in total. The van der Waals surface area contributed by atoms with E-state index in [0.717, 1.165) is 47.9 Å². The number of nitrogens with one attached hydrogen (secondary N) is 1. The lowest BCUT2D eigenvalue weighted by atomic mass is 10.00. The van der Waals surface area contributed by atoms with Crippen molar-refractivity contribution in [1.29, 1.82) is 0 Å². The van der Waals surface area contributed by atoms with Gasteiger partial charge in [-0.25, -0.2) is 4.99 Å². The molecule has 0 amide bonds. The number of rotatable bonds is 4. The van der Waals surface area contributed by atoms with Gasteiger partial charge in [-0.05, 0) is 25.1 Å². The number of anilines is 1. The van der Waals surface area contributed by atoms with Crippen LogP contribution >= 0.6 is 0 Å². The predicted octanol–water partition coefficient (Wildman–Crippen LogP) is 3.02. The van der Waals surface area contributed by atoms with Crippen LogP contribution in [0.5, 0.6) is 0 Å². The monoisotopic (exact) mass is 330 g/mol. The van der Waals surface area contributed by atoms with E-state index in [1.807, 2.05) is 6.07 Å². The van der Waals surface area contributed by atoms with E-state index in [4.69, 9.17) is 10.7 Å². The molecule has 0 aromatic heterocycles. The van der Waals surface area contributed by atoms with E-state index in [0.29, 0.717) is 6.54 Å². The molecule has 2 aliphatic rings. The number of nitrogens with two attached hydrogens (primary N) is 1. The van der Waals surface area contributed by atoms with E-state index < -0.39 is 0 Å². The Balaban J connectivity index is 1.92. The Morgan fingerprint density at radius 3 is 2.68 bits per heavy atom. The SMILES string of the molecule is NCCCN1C2=C(C=CCN2)N=C(c2ccccc2)c2ccccc21. The minimum absolute atomic E-state index is 0.670. The number of benzene rings is 2. The fourth-order valence-electron chi connectivity index (χ4n) is 3.33. The number of fused-ring (bicyclic) bond motifs is 1. The molecule has 2 aromatic carbocycles. The number of para-hydroxylation sites is 1. The molecular formula is C21H22N4. The van der Waals surface area contributed by atoms with Gasteiger partial charge in [0.15, 0.2) is 0 Å². The van der Waals surface area contributed by atoms with Crippen LogP contribution in [0.25, 0.3) is 0 Å². The first-order valence-corrected chi connectivity index (χ1v) is 8.74. The highest BCUT2D eigenvalue weighted by Gasteiger charge is 2.25. The van der Waals surface area contributed by atoms with Gasteiger partial charge in [0.1, 0.15) is 11.5 Å². The van der Waals surface area contributed by atoms with Gasteiger partial charge in [-0.15, -0.1) is 0 Å². The van der Waals surface area contributed by atoms with Crippen LogP contribution in [0.2, 0.25) is 0 Å². The van der Waals surface area contributed by atoms with E-state index in [1.54, 1.807) is 0 Å². The van der Waals surface area contributed by atoms with E-state index in [1.165, 1.54) is 5.69 Å². The quantitative estimate of drug-likeness (QED) is 0.906. The molecule has 2 aromatic rings. The number of aliphatic imine (C=N–C) groups is 1. The van der Waals surface area contributed by atoms with E-state index in [-0.39, 0.29) is 0 Å². The molecule has 0 atom stereocenters. The summed E-state index contributed by atoms with van der Waals surface area (Å²) in [5, 5.41) is 3.50. The Hall–Kier alpha value is -2.85. The van der Waals surface area contributed by atoms with Gasteiger partial charge < -0.3 is 16.0 Å². The third kappa shape index (κ3) is 2.96. The Morgan fingerprint density at radius 2 is 1.84 bits per heavy atom. The molecular weight excluding hydrogens is 308 g/mol. The van der Waals surface area contributed by atoms with Gasteiger partial charge in [-0.1, -0.05) is 54.6 Å². The summed E-state index contributed by atoms with van der Waals surface area (Å²) in [6, 6.07) is 18.9. The van der Waals surface area contributed by atoms with Crippen LogP contribution in [0.3, 0.4) is 0 Å². The highest BCUT2D eigenvalue weighted by atomic mass is 15.3. The minimum atomic E-state index is 0.670. The van der Waals surface area contributed by atoms with Crippen LogP contribution in [-0.4, -0.2) is 25.3 Å². The average molecular weight is 330 g/mol. The minimum Gasteiger partial charge on any atom is -0.366 e. The molecule has 25 heavy (non-hydrogen) atoms. The zero-order valence-corrected chi connectivity index (χ0v) is 14.2. The van der Waals surface area contributed by atoms with Crippen molar-refractivity contribution < 1.29 is 0 Å². The van der Waals surface area contributed by atoms with Crippen molar-refractivity contribution in [1.82, 2.24) is 5.32 Å². The molecule has 0 aliphatic carbocycles. The van der Waals surface area contributed by atoms with Crippen LogP contribution in [0.4, 0.5) is 5.69 Å². The normalized spacial score (nSPS) is 15.9. The molecule has 126 valence electrons. The molecule has 0 unspecified atom stereocenters. The highest BCUT2D eigenvalue weighted by molar-refractivity contribution is 6.17. The second-order valence-electron chi connectivity index (χ2n) is 6.15. The molecule has 2 heterocycles. The number of allylic oxidation sites excluding steroid dienone is 1. The summed E-state index contributed by atoms with van der Waals surface area (Å²) >= 11 is 0. The summed E-state index contributed by atoms with van der Waals surface area (Å²) in [7, 11) is 0. The van der Waals surface area contributed by atoms with Crippen molar-refractivity contribution in [3.8, 4) is 0 Å². The van der Waals surface area contributed by atoms with Crippen LogP contribution < -0.4 is 16.0 Å². The first kappa shape index (κ1) is 15.7. The maximum absolute atomic E-state index is 5.79. The van der Waals surface area contributed by atoms with Crippen LogP contribution in [-0.2, 0) is 0 Å². The number of hydrogen-bond donors (Lipinski definition) is 2. The molecule has 2 aliphatic heterocycles. The van der Waals surface area contributed by atoms with Gasteiger partial charge in [0, 0.05) is 24.2 Å². The second kappa shape index (κ2) is 6.95. The molecule has 3 N–H and O–H groups in total. The summed E-state index contributed by atoms with van der Waals surface area (Å²) in [6.07, 6.45) is 5.15. The molecule has 0 spiro atoms. The van der Waals surface area contributed by atoms with Crippen molar-refractivity contribution in [3.63, 3.8) is 0 Å². The summed E-state index contributed by atoms with van der Waals surface area (Å²) < 4.78 is 0. The molecule has 0 fully saturated rings. The molecule has 0 radical (unpaired) electrons. The van der Waals surface area contributed by atoms with Crippen molar-refractivity contribution >= 4 is 11.4 Å². The number of nitrogens with zero attached hydrogens (tertiary/aromatic N) is 2. The highest BCUT2D eigenvalue weighted by Crippen LogP contribution is 2.32. The van der Waals surface area contributed by atoms with Crippen molar-refractivity contribution in [3.05, 3.63) is 89.4 Å². The van der Waals surface area contributed by atoms with Crippen molar-refractivity contribution in [2.45, 2.75) is 6.42 Å². The van der Waals surface area contributed by atoms with Crippen molar-refractivity contribution in [2.24, 2.45) is 10.7 Å². The standard InChI is InChI=1S/C21H22N4/c22-13-7-15-25-19-12-5-4-10-17(19)20(16-8-2-1-3-9-16)24-18-11-6-14-23-21(18)25/h1-6,8-12,23H,7,13-15,22H2. The van der Waals surface area contributed by atoms with Crippen LogP contribution in [0.1, 0.15) is 17.5 Å². The largest absolute Gasteiger partial charge is 0.366 e. The third-order valence-corrected chi connectivity index (χ3v) is 4.49. The van der Waals surface area contributed by atoms with Crippen LogP contribution in [0.15, 0.2) is 83.3 Å². The first-order valence-electron chi connectivity index (χ1n) is 8.74. The van der Waals surface area contributed by atoms with Gasteiger partial charge >= 0.3 is 0 Å². The topological polar surface area (TPSA) is 53.6 Å². The summed E-state index contributed by atoms with van der Waals surface area (Å²) in [5.74, 6) is 1.06. The smallest absolute Gasteiger partial charge is 0.133 e. The van der Waals surface area contributed by atoms with Crippen molar-refractivity contribution in [2.75, 3.05) is 24.5 Å².